The average molecular weight is 354 g/mol. The summed E-state index contributed by atoms with van der Waals surface area (Å²) in [5.41, 5.74) is 3.43. The lowest BCUT2D eigenvalue weighted by Crippen LogP contribution is -2.31. The van der Waals surface area contributed by atoms with E-state index in [2.05, 4.69) is 15.2 Å². The topological polar surface area (TPSA) is 88.3 Å². The van der Waals surface area contributed by atoms with E-state index in [4.69, 9.17) is 0 Å². The quantitative estimate of drug-likeness (QED) is 0.774. The van der Waals surface area contributed by atoms with Gasteiger partial charge in [-0.25, -0.2) is 9.50 Å². The smallest absolute Gasteiger partial charge is 0.272 e. The second kappa shape index (κ2) is 6.12. The third-order valence-corrected chi connectivity index (χ3v) is 5.00. The van der Waals surface area contributed by atoms with Gasteiger partial charge in [0.05, 0.1) is 23.0 Å². The van der Waals surface area contributed by atoms with Crippen LogP contribution in [0.25, 0.3) is 5.65 Å². The molecule has 0 saturated carbocycles. The first-order valence-electron chi connectivity index (χ1n) is 8.90. The molecule has 8 nitrogen and oxygen atoms in total. The van der Waals surface area contributed by atoms with Crippen LogP contribution in [0.4, 0.5) is 0 Å². The summed E-state index contributed by atoms with van der Waals surface area (Å²) in [6, 6.07) is 3.34. The van der Waals surface area contributed by atoms with Crippen LogP contribution in [0, 0.1) is 6.92 Å². The number of hydrogen-bond acceptors (Lipinski definition) is 4. The lowest BCUT2D eigenvalue weighted by Gasteiger charge is -2.23. The van der Waals surface area contributed by atoms with Crippen molar-refractivity contribution in [1.29, 1.82) is 0 Å². The number of nitrogens with zero attached hydrogens (tertiary/aromatic N) is 5. The monoisotopic (exact) mass is 354 g/mol. The first-order valence-corrected chi connectivity index (χ1v) is 8.90. The van der Waals surface area contributed by atoms with E-state index in [0.717, 1.165) is 29.9 Å². The van der Waals surface area contributed by atoms with Crippen molar-refractivity contribution in [2.24, 2.45) is 7.05 Å². The maximum absolute atomic E-state index is 13.0. The van der Waals surface area contributed by atoms with Gasteiger partial charge >= 0.3 is 0 Å². The minimum atomic E-state index is -0.128. The molecule has 1 N–H and O–H groups in total. The van der Waals surface area contributed by atoms with Gasteiger partial charge < -0.3 is 4.90 Å². The van der Waals surface area contributed by atoms with Gasteiger partial charge in [0.1, 0.15) is 0 Å². The van der Waals surface area contributed by atoms with Crippen LogP contribution < -0.4 is 5.56 Å². The zero-order chi connectivity index (χ0) is 18.4. The Kier molecular flexibility index (Phi) is 3.90. The van der Waals surface area contributed by atoms with Crippen molar-refractivity contribution in [2.75, 3.05) is 6.54 Å². The molecule has 0 unspecified atom stereocenters. The molecule has 0 aliphatic carbocycles. The van der Waals surface area contributed by atoms with Crippen LogP contribution in [0.15, 0.2) is 23.1 Å². The SMILES string of the molecule is CCc1cc(=O)n2[nH]c([C@H]3CCCN3C(=O)c3cn(C)nc3C)cc2n1. The fourth-order valence-electron chi connectivity index (χ4n) is 3.71. The predicted octanol–water partition coefficient (Wildman–Crippen LogP) is 1.60. The molecule has 1 aliphatic rings. The molecule has 4 rings (SSSR count). The largest absolute Gasteiger partial charge is 0.330 e. The highest BCUT2D eigenvalue weighted by molar-refractivity contribution is 5.95. The number of H-pyrrole nitrogens is 1. The first kappa shape index (κ1) is 16.6. The Bertz CT molecular complexity index is 1040. The molecule has 0 aromatic carbocycles. The van der Waals surface area contributed by atoms with E-state index in [1.54, 1.807) is 16.9 Å². The molecule has 1 amide bonds. The molecule has 26 heavy (non-hydrogen) atoms. The Morgan fingerprint density at radius 3 is 2.88 bits per heavy atom. The Hall–Kier alpha value is -2.90. The minimum absolute atomic E-state index is 0.0219. The molecule has 0 radical (unpaired) electrons. The van der Waals surface area contributed by atoms with Crippen LogP contribution in [0.3, 0.4) is 0 Å². The summed E-state index contributed by atoms with van der Waals surface area (Å²) in [5.74, 6) is -0.0219. The van der Waals surface area contributed by atoms with Gasteiger partial charge in [0.25, 0.3) is 11.5 Å². The van der Waals surface area contributed by atoms with E-state index in [1.165, 1.54) is 4.52 Å². The number of rotatable bonds is 3. The van der Waals surface area contributed by atoms with Crippen molar-refractivity contribution in [2.45, 2.75) is 39.2 Å². The van der Waals surface area contributed by atoms with Gasteiger partial charge in [0.2, 0.25) is 0 Å². The maximum atomic E-state index is 13.0. The highest BCUT2D eigenvalue weighted by atomic mass is 16.2. The Morgan fingerprint density at radius 1 is 1.38 bits per heavy atom. The number of nitrogens with one attached hydrogen (secondary N) is 1. The summed E-state index contributed by atoms with van der Waals surface area (Å²) >= 11 is 0. The van der Waals surface area contributed by atoms with Gasteiger partial charge in [-0.3, -0.25) is 19.4 Å². The molecule has 136 valence electrons. The number of aromatic nitrogens is 5. The van der Waals surface area contributed by atoms with Crippen LogP contribution in [0.2, 0.25) is 0 Å². The maximum Gasteiger partial charge on any atom is 0.272 e. The van der Waals surface area contributed by atoms with Gasteiger partial charge in [-0.1, -0.05) is 6.92 Å². The number of carbonyl (C=O) groups is 1. The van der Waals surface area contributed by atoms with Gasteiger partial charge in [0.15, 0.2) is 5.65 Å². The first-order chi connectivity index (χ1) is 12.5. The Labute approximate surface area is 150 Å². The van der Waals surface area contributed by atoms with Crippen molar-refractivity contribution in [3.05, 3.63) is 51.3 Å². The van der Waals surface area contributed by atoms with Gasteiger partial charge in [-0.2, -0.15) is 5.10 Å². The van der Waals surface area contributed by atoms with Crippen molar-refractivity contribution in [1.82, 2.24) is 29.3 Å². The molecular weight excluding hydrogens is 332 g/mol. The van der Waals surface area contributed by atoms with Gasteiger partial charge in [-0.15, -0.1) is 0 Å². The molecule has 0 bridgehead atoms. The Morgan fingerprint density at radius 2 is 2.19 bits per heavy atom. The van der Waals surface area contributed by atoms with Crippen LogP contribution >= 0.6 is 0 Å². The van der Waals surface area contributed by atoms with Gasteiger partial charge in [0, 0.05) is 37.6 Å². The van der Waals surface area contributed by atoms with E-state index in [1.807, 2.05) is 31.9 Å². The zero-order valence-corrected chi connectivity index (χ0v) is 15.2. The normalized spacial score (nSPS) is 17.3. The fraction of sp³-hybridized carbons (Fsp3) is 0.444. The van der Waals surface area contributed by atoms with Crippen LogP contribution in [-0.4, -0.2) is 41.7 Å². The fourth-order valence-corrected chi connectivity index (χ4v) is 3.71. The summed E-state index contributed by atoms with van der Waals surface area (Å²) in [6.45, 7) is 4.51. The molecule has 1 atom stereocenters. The number of carbonyl (C=O) groups excluding carboxylic acids is 1. The van der Waals surface area contributed by atoms with Crippen molar-refractivity contribution in [3.63, 3.8) is 0 Å². The number of likely N-dealkylation sites (tertiary alicyclic amines) is 1. The molecule has 8 heteroatoms. The van der Waals surface area contributed by atoms with Crippen molar-refractivity contribution < 1.29 is 4.79 Å². The number of fused-ring (bicyclic) bond motifs is 1. The number of amides is 1. The van der Waals surface area contributed by atoms with E-state index < -0.39 is 0 Å². The minimum Gasteiger partial charge on any atom is -0.330 e. The summed E-state index contributed by atoms with van der Waals surface area (Å²) in [7, 11) is 1.81. The van der Waals surface area contributed by atoms with E-state index in [9.17, 15) is 9.59 Å². The van der Waals surface area contributed by atoms with Crippen LogP contribution in [0.1, 0.15) is 53.2 Å². The second-order valence-corrected chi connectivity index (χ2v) is 6.80. The third kappa shape index (κ3) is 2.61. The second-order valence-electron chi connectivity index (χ2n) is 6.80. The average Bonchev–Trinajstić information content (AvgIpc) is 3.31. The van der Waals surface area contributed by atoms with Gasteiger partial charge in [-0.05, 0) is 26.2 Å². The molecular formula is C18H22N6O2. The highest BCUT2D eigenvalue weighted by Crippen LogP contribution is 2.33. The third-order valence-electron chi connectivity index (χ3n) is 5.00. The van der Waals surface area contributed by atoms with Crippen LogP contribution in [0.5, 0.6) is 0 Å². The standard InChI is InChI=1S/C18H22N6O2/c1-4-12-8-17(25)24-16(19-12)9-14(21-24)15-6-5-7-23(15)18(26)13-10-22(3)20-11(13)2/h8-10,15,21H,4-7H2,1-3H3/t15-/m1/s1. The number of hydrogen-bond donors (Lipinski definition) is 1. The highest BCUT2D eigenvalue weighted by Gasteiger charge is 2.33. The number of aromatic amines is 1. The number of aryl methyl sites for hydroxylation is 3. The molecule has 1 aliphatic heterocycles. The zero-order valence-electron chi connectivity index (χ0n) is 15.2. The summed E-state index contributed by atoms with van der Waals surface area (Å²) < 4.78 is 3.11. The molecule has 3 aromatic rings. The Balaban J connectivity index is 1.71. The predicted molar refractivity (Wildman–Crippen MR) is 96.1 cm³/mol. The van der Waals surface area contributed by atoms with E-state index >= 15 is 0 Å². The summed E-state index contributed by atoms with van der Waals surface area (Å²) in [4.78, 5) is 31.7. The molecule has 0 spiro atoms. The lowest BCUT2D eigenvalue weighted by molar-refractivity contribution is 0.0732. The van der Waals surface area contributed by atoms with Crippen molar-refractivity contribution >= 4 is 11.6 Å². The molecule has 1 fully saturated rings. The van der Waals surface area contributed by atoms with E-state index in [-0.39, 0.29) is 17.5 Å². The summed E-state index contributed by atoms with van der Waals surface area (Å²) in [6.07, 6.45) is 4.25. The molecule has 1 saturated heterocycles. The molecule has 4 heterocycles. The lowest BCUT2D eigenvalue weighted by atomic mass is 10.1. The molecule has 3 aromatic heterocycles. The van der Waals surface area contributed by atoms with E-state index in [0.29, 0.717) is 24.2 Å². The van der Waals surface area contributed by atoms with Crippen molar-refractivity contribution in [3.8, 4) is 0 Å². The van der Waals surface area contributed by atoms with Crippen LogP contribution in [-0.2, 0) is 13.5 Å². The summed E-state index contributed by atoms with van der Waals surface area (Å²) in [5, 5.41) is 7.41.